The number of nitrogens with zero attached hydrogens (tertiary/aromatic N) is 2. The van der Waals surface area contributed by atoms with E-state index in [1.165, 1.54) is 36.3 Å². The Hall–Kier alpha value is -0.486. The van der Waals surface area contributed by atoms with Crippen LogP contribution in [-0.4, -0.2) is 25.6 Å². The fraction of sp³-hybridized carbons (Fsp3) is 0.875. The first kappa shape index (κ1) is 33.5. The van der Waals surface area contributed by atoms with Gasteiger partial charge in [0.1, 0.15) is 0 Å². The van der Waals surface area contributed by atoms with Crippen LogP contribution in [0.15, 0.2) is 22.8 Å². The average molecular weight is 535 g/mol. The molecule has 0 amide bonds. The minimum atomic E-state index is -1.77. The third-order valence-corrected chi connectivity index (χ3v) is 20.8. The SMILES string of the molecule is CC1=C(C)N([Si](CC(C)C)(CC(C)C)CC(C)C)C(C)=C(C)N1[Si](CC(C)C)(CC(C)C)CC(C)C. The monoisotopic (exact) mass is 534 g/mol. The fourth-order valence-electron chi connectivity index (χ4n) is 8.18. The minimum absolute atomic E-state index is 0.740. The van der Waals surface area contributed by atoms with E-state index in [1.807, 2.05) is 0 Å². The van der Waals surface area contributed by atoms with E-state index in [2.05, 4.69) is 120 Å². The van der Waals surface area contributed by atoms with Gasteiger partial charge in [-0.1, -0.05) is 83.1 Å². The molecule has 212 valence electrons. The van der Waals surface area contributed by atoms with Crippen LogP contribution in [-0.2, 0) is 0 Å². The minimum Gasteiger partial charge on any atom is -0.373 e. The molecule has 1 rings (SSSR count). The highest BCUT2D eigenvalue weighted by molar-refractivity contribution is 6.79. The normalized spacial score (nSPS) is 16.5. The van der Waals surface area contributed by atoms with E-state index in [0.29, 0.717) is 0 Å². The average Bonchev–Trinajstić information content (AvgIpc) is 2.62. The topological polar surface area (TPSA) is 6.48 Å². The predicted molar refractivity (Wildman–Crippen MR) is 170 cm³/mol. The zero-order valence-corrected chi connectivity index (χ0v) is 29.6. The van der Waals surface area contributed by atoms with Crippen LogP contribution in [0.2, 0.25) is 36.3 Å². The van der Waals surface area contributed by atoms with Crippen LogP contribution in [0.4, 0.5) is 0 Å². The Morgan fingerprint density at radius 2 is 0.500 bits per heavy atom. The van der Waals surface area contributed by atoms with Crippen molar-refractivity contribution in [3.05, 3.63) is 22.8 Å². The second kappa shape index (κ2) is 13.5. The van der Waals surface area contributed by atoms with Crippen molar-refractivity contribution in [3.8, 4) is 0 Å². The maximum Gasteiger partial charge on any atom is 0.162 e. The molecule has 1 heterocycles. The molecule has 0 aromatic carbocycles. The molecule has 0 saturated carbocycles. The van der Waals surface area contributed by atoms with Crippen LogP contribution in [0.5, 0.6) is 0 Å². The zero-order chi connectivity index (χ0) is 28.2. The summed E-state index contributed by atoms with van der Waals surface area (Å²) in [7, 11) is -3.54. The molecule has 0 aromatic heterocycles. The van der Waals surface area contributed by atoms with Gasteiger partial charge in [0.2, 0.25) is 0 Å². The van der Waals surface area contributed by atoms with Gasteiger partial charge in [-0.05, 0) is 99.5 Å². The van der Waals surface area contributed by atoms with Gasteiger partial charge in [0.15, 0.2) is 16.5 Å². The van der Waals surface area contributed by atoms with Crippen LogP contribution in [0.3, 0.4) is 0 Å². The molecule has 0 radical (unpaired) electrons. The third-order valence-electron chi connectivity index (χ3n) is 8.07. The molecule has 0 bridgehead atoms. The van der Waals surface area contributed by atoms with E-state index >= 15 is 0 Å². The summed E-state index contributed by atoms with van der Waals surface area (Å²) in [6.07, 6.45) is 0. The summed E-state index contributed by atoms with van der Waals surface area (Å²) >= 11 is 0. The largest absolute Gasteiger partial charge is 0.373 e. The molecule has 0 saturated heterocycles. The molecular weight excluding hydrogens is 469 g/mol. The van der Waals surface area contributed by atoms with Gasteiger partial charge in [0.05, 0.1) is 0 Å². The maximum atomic E-state index is 2.99. The van der Waals surface area contributed by atoms with Crippen LogP contribution in [0.25, 0.3) is 0 Å². The van der Waals surface area contributed by atoms with Gasteiger partial charge in [-0.2, -0.15) is 0 Å². The highest BCUT2D eigenvalue weighted by Gasteiger charge is 2.49. The molecule has 0 aliphatic carbocycles. The lowest BCUT2D eigenvalue weighted by atomic mass is 10.2. The van der Waals surface area contributed by atoms with Crippen molar-refractivity contribution in [2.45, 2.75) is 147 Å². The molecule has 1 aliphatic heterocycles. The van der Waals surface area contributed by atoms with Crippen molar-refractivity contribution in [1.82, 2.24) is 9.13 Å². The summed E-state index contributed by atoms with van der Waals surface area (Å²) in [5.74, 6) is 4.44. The fourth-order valence-corrected chi connectivity index (χ4v) is 22.9. The van der Waals surface area contributed by atoms with Crippen molar-refractivity contribution in [2.24, 2.45) is 35.5 Å². The Labute approximate surface area is 230 Å². The molecule has 2 nitrogen and oxygen atoms in total. The first-order valence-electron chi connectivity index (χ1n) is 15.3. The lowest BCUT2D eigenvalue weighted by Gasteiger charge is -2.56. The van der Waals surface area contributed by atoms with Gasteiger partial charge in [-0.15, -0.1) is 0 Å². The summed E-state index contributed by atoms with van der Waals surface area (Å²) < 4.78 is 5.99. The lowest BCUT2D eigenvalue weighted by Crippen LogP contribution is -2.60. The van der Waals surface area contributed by atoms with Crippen LogP contribution < -0.4 is 0 Å². The Bertz CT molecular complexity index is 617. The standard InChI is InChI=1S/C32H66N2Si2/c1-23(2)17-35(18-24(3)4,19-25(5)6)33-29(13)31(15)34(32(16)30(33)14)36(20-26(7)8,21-27(9)10)22-28(11)12/h23-28H,17-22H2,1-16H3. The first-order valence-corrected chi connectivity index (χ1v) is 20.5. The number of hydrogen-bond acceptors (Lipinski definition) is 2. The van der Waals surface area contributed by atoms with Gasteiger partial charge in [-0.3, -0.25) is 0 Å². The van der Waals surface area contributed by atoms with Gasteiger partial charge >= 0.3 is 0 Å². The number of hydrogen-bond donors (Lipinski definition) is 0. The Kier molecular flexibility index (Phi) is 12.6. The van der Waals surface area contributed by atoms with Gasteiger partial charge < -0.3 is 9.13 Å². The van der Waals surface area contributed by atoms with Crippen molar-refractivity contribution >= 4 is 16.5 Å². The van der Waals surface area contributed by atoms with E-state index in [4.69, 9.17) is 0 Å². The van der Waals surface area contributed by atoms with E-state index in [-0.39, 0.29) is 0 Å². The Balaban J connectivity index is 3.92. The molecule has 1 aliphatic rings. The molecule has 0 spiro atoms. The van der Waals surface area contributed by atoms with Gasteiger partial charge in [0, 0.05) is 22.8 Å². The second-order valence-corrected chi connectivity index (χ2v) is 23.3. The maximum absolute atomic E-state index is 2.99. The van der Waals surface area contributed by atoms with Crippen molar-refractivity contribution < 1.29 is 0 Å². The summed E-state index contributed by atoms with van der Waals surface area (Å²) in [5.41, 5.74) is 6.33. The van der Waals surface area contributed by atoms with E-state index in [1.54, 1.807) is 22.8 Å². The van der Waals surface area contributed by atoms with Crippen molar-refractivity contribution in [3.63, 3.8) is 0 Å². The molecule has 0 atom stereocenters. The van der Waals surface area contributed by atoms with Crippen LogP contribution >= 0.6 is 0 Å². The van der Waals surface area contributed by atoms with E-state index < -0.39 is 16.5 Å². The smallest absolute Gasteiger partial charge is 0.162 e. The Morgan fingerprint density at radius 3 is 0.611 bits per heavy atom. The summed E-state index contributed by atoms with van der Waals surface area (Å²) in [6.45, 7) is 39.5. The first-order chi connectivity index (χ1) is 16.4. The molecule has 0 N–H and O–H groups in total. The Morgan fingerprint density at radius 1 is 0.361 bits per heavy atom. The van der Waals surface area contributed by atoms with Gasteiger partial charge in [0.25, 0.3) is 0 Å². The van der Waals surface area contributed by atoms with Crippen LogP contribution in [0, 0.1) is 35.5 Å². The molecule has 0 unspecified atom stereocenters. The molecule has 36 heavy (non-hydrogen) atoms. The number of rotatable bonds is 14. The van der Waals surface area contributed by atoms with Crippen LogP contribution in [0.1, 0.15) is 111 Å². The second-order valence-electron chi connectivity index (χ2n) is 15.0. The molecule has 0 aromatic rings. The van der Waals surface area contributed by atoms with Crippen molar-refractivity contribution in [1.29, 1.82) is 0 Å². The third kappa shape index (κ3) is 8.25. The summed E-state index contributed by atoms with van der Waals surface area (Å²) in [5, 5.41) is 0. The van der Waals surface area contributed by atoms with E-state index in [0.717, 1.165) is 35.5 Å². The summed E-state index contributed by atoms with van der Waals surface area (Å²) in [4.78, 5) is 0. The predicted octanol–water partition coefficient (Wildman–Crippen LogP) is 10.9. The highest BCUT2D eigenvalue weighted by Crippen LogP contribution is 2.47. The van der Waals surface area contributed by atoms with E-state index in [9.17, 15) is 0 Å². The van der Waals surface area contributed by atoms with Gasteiger partial charge in [-0.25, -0.2) is 0 Å². The highest BCUT2D eigenvalue weighted by atomic mass is 28.3. The molecule has 0 fully saturated rings. The zero-order valence-electron chi connectivity index (χ0n) is 27.6. The summed E-state index contributed by atoms with van der Waals surface area (Å²) in [6, 6.07) is 8.36. The molecule has 4 heteroatoms. The lowest BCUT2D eigenvalue weighted by molar-refractivity contribution is 0.441. The number of allylic oxidation sites excluding steroid dienone is 4. The molecular formula is C32H66N2Si2. The quantitative estimate of drug-likeness (QED) is 0.204. The van der Waals surface area contributed by atoms with Crippen molar-refractivity contribution in [2.75, 3.05) is 0 Å².